The third kappa shape index (κ3) is 1.88. The van der Waals surface area contributed by atoms with Crippen LogP contribution in [-0.2, 0) is 6.42 Å². The first kappa shape index (κ1) is 10.9. The molecule has 0 amide bonds. The van der Waals surface area contributed by atoms with E-state index in [9.17, 15) is 9.18 Å². The van der Waals surface area contributed by atoms with E-state index in [0.717, 1.165) is 12.8 Å². The van der Waals surface area contributed by atoms with E-state index in [1.54, 1.807) is 0 Å². The zero-order valence-electron chi connectivity index (χ0n) is 7.95. The van der Waals surface area contributed by atoms with E-state index in [2.05, 4.69) is 0 Å². The highest BCUT2D eigenvalue weighted by Gasteiger charge is 2.23. The van der Waals surface area contributed by atoms with E-state index in [-0.39, 0.29) is 15.8 Å². The lowest BCUT2D eigenvalue weighted by atomic mass is 10.0. The minimum atomic E-state index is -0.422. The normalized spacial score (nSPS) is 16.1. The molecule has 0 heterocycles. The van der Waals surface area contributed by atoms with Crippen molar-refractivity contribution in [2.75, 3.05) is 0 Å². The van der Waals surface area contributed by atoms with Gasteiger partial charge in [-0.25, -0.2) is 4.39 Å². The van der Waals surface area contributed by atoms with E-state index >= 15 is 0 Å². The van der Waals surface area contributed by atoms with Crippen LogP contribution in [0, 0.1) is 5.82 Å². The molecule has 0 aromatic heterocycles. The molecule has 1 aromatic carbocycles. The lowest BCUT2D eigenvalue weighted by Crippen LogP contribution is -2.04. The van der Waals surface area contributed by atoms with Gasteiger partial charge in [0.15, 0.2) is 5.78 Å². The lowest BCUT2D eigenvalue weighted by molar-refractivity contribution is 0.0982. The van der Waals surface area contributed by atoms with Crippen molar-refractivity contribution in [2.45, 2.75) is 25.7 Å². The molecule has 0 unspecified atom stereocenters. The van der Waals surface area contributed by atoms with Crippen molar-refractivity contribution in [1.82, 2.24) is 0 Å². The van der Waals surface area contributed by atoms with Crippen LogP contribution in [0.15, 0.2) is 6.07 Å². The summed E-state index contributed by atoms with van der Waals surface area (Å²) in [5.41, 5.74) is 0.714. The van der Waals surface area contributed by atoms with Crippen LogP contribution in [0.5, 0.6) is 0 Å². The maximum absolute atomic E-state index is 13.6. The van der Waals surface area contributed by atoms with Gasteiger partial charge >= 0.3 is 0 Å². The summed E-state index contributed by atoms with van der Waals surface area (Å²) in [6, 6.07) is 1.18. The minimum absolute atomic E-state index is 0.103. The fourth-order valence-electron chi connectivity index (χ4n) is 1.88. The monoisotopic (exact) mass is 246 g/mol. The Balaban J connectivity index is 2.69. The molecule has 1 nitrogen and oxygen atoms in total. The summed E-state index contributed by atoms with van der Waals surface area (Å²) in [6.45, 7) is 0. The van der Waals surface area contributed by atoms with E-state index in [4.69, 9.17) is 23.2 Å². The highest BCUT2D eigenvalue weighted by molar-refractivity contribution is 6.44. The van der Waals surface area contributed by atoms with Crippen LogP contribution in [0.25, 0.3) is 0 Å². The number of ketones is 1. The standard InChI is InChI=1S/C11H9Cl2FO/c12-7-5-8(14)6-3-1-2-4-9(15)10(6)11(7)13/h5H,1-4H2. The summed E-state index contributed by atoms with van der Waals surface area (Å²) in [5.74, 6) is -0.524. The molecule has 1 aliphatic carbocycles. The van der Waals surface area contributed by atoms with Gasteiger partial charge in [-0.3, -0.25) is 4.79 Å². The van der Waals surface area contributed by atoms with Gasteiger partial charge in [0.05, 0.1) is 10.0 Å². The van der Waals surface area contributed by atoms with Gasteiger partial charge in [-0.2, -0.15) is 0 Å². The third-order valence-corrected chi connectivity index (χ3v) is 3.42. The zero-order valence-corrected chi connectivity index (χ0v) is 9.46. The van der Waals surface area contributed by atoms with Gasteiger partial charge in [0, 0.05) is 17.5 Å². The van der Waals surface area contributed by atoms with E-state index in [1.165, 1.54) is 6.07 Å². The van der Waals surface area contributed by atoms with Gasteiger partial charge in [-0.05, 0) is 25.3 Å². The van der Waals surface area contributed by atoms with Crippen LogP contribution in [0.4, 0.5) is 4.39 Å². The van der Waals surface area contributed by atoms with Crippen molar-refractivity contribution >= 4 is 29.0 Å². The van der Waals surface area contributed by atoms with Crippen LogP contribution >= 0.6 is 23.2 Å². The molecule has 0 spiro atoms. The molecule has 0 aliphatic heterocycles. The van der Waals surface area contributed by atoms with Crippen molar-refractivity contribution in [3.8, 4) is 0 Å². The summed E-state index contributed by atoms with van der Waals surface area (Å²) in [6.07, 6.45) is 2.57. The van der Waals surface area contributed by atoms with Crippen molar-refractivity contribution in [3.05, 3.63) is 33.1 Å². The Hall–Kier alpha value is -0.600. The predicted octanol–water partition coefficient (Wildman–Crippen LogP) is 4.04. The van der Waals surface area contributed by atoms with Gasteiger partial charge < -0.3 is 0 Å². The molecule has 1 aromatic rings. The number of fused-ring (bicyclic) bond motifs is 1. The molecule has 2 rings (SSSR count). The third-order valence-electron chi connectivity index (χ3n) is 2.63. The number of carbonyl (C=O) groups is 1. The van der Waals surface area contributed by atoms with Crippen LogP contribution in [0.3, 0.4) is 0 Å². The number of benzene rings is 1. The fraction of sp³-hybridized carbons (Fsp3) is 0.364. The van der Waals surface area contributed by atoms with Gasteiger partial charge in [0.2, 0.25) is 0 Å². The molecule has 0 radical (unpaired) electrons. The Kier molecular flexibility index (Phi) is 2.98. The number of hydrogen-bond donors (Lipinski definition) is 0. The highest BCUT2D eigenvalue weighted by Crippen LogP contribution is 2.34. The zero-order chi connectivity index (χ0) is 11.0. The molecule has 0 fully saturated rings. The second-order valence-electron chi connectivity index (χ2n) is 3.64. The first-order valence-corrected chi connectivity index (χ1v) is 5.56. The van der Waals surface area contributed by atoms with Crippen molar-refractivity contribution < 1.29 is 9.18 Å². The second-order valence-corrected chi connectivity index (χ2v) is 4.42. The topological polar surface area (TPSA) is 17.1 Å². The van der Waals surface area contributed by atoms with Crippen LogP contribution in [0.2, 0.25) is 10.0 Å². The molecule has 0 saturated heterocycles. The van der Waals surface area contributed by atoms with E-state index in [0.29, 0.717) is 24.0 Å². The summed E-state index contributed by atoms with van der Waals surface area (Å²) < 4.78 is 13.6. The van der Waals surface area contributed by atoms with Crippen LogP contribution in [-0.4, -0.2) is 5.78 Å². The first-order chi connectivity index (χ1) is 7.11. The van der Waals surface area contributed by atoms with Gasteiger partial charge in [0.25, 0.3) is 0 Å². The Bertz CT molecular complexity index is 429. The Morgan fingerprint density at radius 3 is 2.60 bits per heavy atom. The largest absolute Gasteiger partial charge is 0.294 e. The average molecular weight is 247 g/mol. The van der Waals surface area contributed by atoms with Gasteiger partial charge in [-0.15, -0.1) is 0 Å². The number of rotatable bonds is 0. The molecule has 0 atom stereocenters. The predicted molar refractivity (Wildman–Crippen MR) is 58.3 cm³/mol. The summed E-state index contributed by atoms with van der Waals surface area (Å²) in [5, 5.41) is 0.308. The molecule has 4 heteroatoms. The highest BCUT2D eigenvalue weighted by atomic mass is 35.5. The molecule has 0 saturated carbocycles. The minimum Gasteiger partial charge on any atom is -0.294 e. The van der Waals surface area contributed by atoms with Crippen LogP contribution < -0.4 is 0 Å². The maximum Gasteiger partial charge on any atom is 0.164 e. The number of Topliss-reactive ketones (excluding diaryl/α,β-unsaturated/α-hetero) is 1. The second kappa shape index (κ2) is 4.11. The molecule has 0 N–H and O–H groups in total. The SMILES string of the molecule is O=C1CCCCc2c(F)cc(Cl)c(Cl)c21. The summed E-state index contributed by atoms with van der Waals surface area (Å²) in [7, 11) is 0. The van der Waals surface area contributed by atoms with Crippen LogP contribution in [0.1, 0.15) is 35.2 Å². The smallest absolute Gasteiger partial charge is 0.164 e. The van der Waals surface area contributed by atoms with Gasteiger partial charge in [0.1, 0.15) is 5.82 Å². The Labute approximate surface area is 97.2 Å². The maximum atomic E-state index is 13.6. The average Bonchev–Trinajstić information content (AvgIpc) is 2.37. The Morgan fingerprint density at radius 2 is 1.87 bits per heavy atom. The van der Waals surface area contributed by atoms with Crippen molar-refractivity contribution in [2.24, 2.45) is 0 Å². The quantitative estimate of drug-likeness (QED) is 0.499. The number of halogens is 3. The van der Waals surface area contributed by atoms with E-state index in [1.807, 2.05) is 0 Å². The van der Waals surface area contributed by atoms with E-state index < -0.39 is 5.82 Å². The lowest BCUT2D eigenvalue weighted by Gasteiger charge is -2.09. The molecule has 15 heavy (non-hydrogen) atoms. The summed E-state index contributed by atoms with van der Waals surface area (Å²) >= 11 is 11.7. The molecule has 80 valence electrons. The fourth-order valence-corrected chi connectivity index (χ4v) is 2.34. The van der Waals surface area contributed by atoms with Gasteiger partial charge in [-0.1, -0.05) is 23.2 Å². The molecule has 1 aliphatic rings. The summed E-state index contributed by atoms with van der Waals surface area (Å²) in [4.78, 5) is 11.7. The first-order valence-electron chi connectivity index (χ1n) is 4.81. The molecular formula is C11H9Cl2FO. The number of hydrogen-bond acceptors (Lipinski definition) is 1. The van der Waals surface area contributed by atoms with Crippen molar-refractivity contribution in [1.29, 1.82) is 0 Å². The number of carbonyl (C=O) groups excluding carboxylic acids is 1. The molecule has 0 bridgehead atoms. The van der Waals surface area contributed by atoms with Crippen molar-refractivity contribution in [3.63, 3.8) is 0 Å². The molecular weight excluding hydrogens is 238 g/mol. The Morgan fingerprint density at radius 1 is 1.20 bits per heavy atom.